The van der Waals surface area contributed by atoms with E-state index in [1.54, 1.807) is 6.20 Å². The molecule has 3 rings (SSSR count). The van der Waals surface area contributed by atoms with Crippen molar-refractivity contribution in [2.75, 3.05) is 13.1 Å². The van der Waals surface area contributed by atoms with Crippen LogP contribution < -0.4 is 5.32 Å². The van der Waals surface area contributed by atoms with Crippen LogP contribution in [0.2, 0.25) is 0 Å². The molecule has 1 aliphatic heterocycles. The van der Waals surface area contributed by atoms with Crippen molar-refractivity contribution in [1.82, 2.24) is 19.7 Å². The fourth-order valence-electron chi connectivity index (χ4n) is 2.23. The molecular formula is C11H14N4. The van der Waals surface area contributed by atoms with E-state index in [9.17, 15) is 0 Å². The third-order valence-electron chi connectivity index (χ3n) is 3.05. The highest BCUT2D eigenvalue weighted by molar-refractivity contribution is 5.36. The highest BCUT2D eigenvalue weighted by Crippen LogP contribution is 2.15. The van der Waals surface area contributed by atoms with Gasteiger partial charge in [-0.1, -0.05) is 0 Å². The molecule has 1 atom stereocenters. The van der Waals surface area contributed by atoms with Gasteiger partial charge in [-0.25, -0.2) is 4.98 Å². The van der Waals surface area contributed by atoms with E-state index in [-0.39, 0.29) is 0 Å². The monoisotopic (exact) mass is 202 g/mol. The van der Waals surface area contributed by atoms with Gasteiger partial charge >= 0.3 is 0 Å². The Kier molecular flexibility index (Phi) is 2.14. The second-order valence-electron chi connectivity index (χ2n) is 4.12. The standard InChI is InChI=1S/C11H14N4/c1-2-12-6-9(1)5-10-7-14-11-8-13-3-4-15(10)11/h3-4,7-9,12H,1-2,5-6H2. The number of imidazole rings is 1. The topological polar surface area (TPSA) is 42.2 Å². The average Bonchev–Trinajstić information content (AvgIpc) is 2.89. The number of aromatic nitrogens is 3. The SMILES string of the molecule is c1cn2c(CC3CCNC3)cnc2cn1. The summed E-state index contributed by atoms with van der Waals surface area (Å²) < 4.78 is 2.13. The summed E-state index contributed by atoms with van der Waals surface area (Å²) in [5.74, 6) is 0.762. The van der Waals surface area contributed by atoms with Gasteiger partial charge in [-0.3, -0.25) is 4.98 Å². The Balaban J connectivity index is 1.90. The summed E-state index contributed by atoms with van der Waals surface area (Å²) in [6.07, 6.45) is 9.95. The first-order chi connectivity index (χ1) is 7.43. The normalized spacial score (nSPS) is 21.2. The molecule has 15 heavy (non-hydrogen) atoms. The molecular weight excluding hydrogens is 188 g/mol. The minimum absolute atomic E-state index is 0.762. The highest BCUT2D eigenvalue weighted by atomic mass is 15.0. The van der Waals surface area contributed by atoms with Gasteiger partial charge < -0.3 is 9.72 Å². The van der Waals surface area contributed by atoms with Crippen LogP contribution in [0.5, 0.6) is 0 Å². The zero-order chi connectivity index (χ0) is 10.1. The Morgan fingerprint density at radius 2 is 2.47 bits per heavy atom. The Hall–Kier alpha value is -1.42. The lowest BCUT2D eigenvalue weighted by molar-refractivity contribution is 0.569. The van der Waals surface area contributed by atoms with Gasteiger partial charge in [0.05, 0.1) is 6.20 Å². The van der Waals surface area contributed by atoms with Crippen molar-refractivity contribution in [1.29, 1.82) is 0 Å². The molecule has 4 nitrogen and oxygen atoms in total. The lowest BCUT2D eigenvalue weighted by Gasteiger charge is -2.06. The first-order valence-electron chi connectivity index (χ1n) is 5.40. The van der Waals surface area contributed by atoms with E-state index in [2.05, 4.69) is 19.7 Å². The lowest BCUT2D eigenvalue weighted by atomic mass is 10.0. The van der Waals surface area contributed by atoms with Crippen LogP contribution in [0.1, 0.15) is 12.1 Å². The van der Waals surface area contributed by atoms with Crippen molar-refractivity contribution < 1.29 is 0 Å². The van der Waals surface area contributed by atoms with Crippen molar-refractivity contribution in [2.45, 2.75) is 12.8 Å². The van der Waals surface area contributed by atoms with Gasteiger partial charge in [0.1, 0.15) is 0 Å². The maximum atomic E-state index is 4.34. The van der Waals surface area contributed by atoms with Crippen LogP contribution >= 0.6 is 0 Å². The number of rotatable bonds is 2. The molecule has 78 valence electrons. The Labute approximate surface area is 88.4 Å². The molecule has 1 aliphatic rings. The molecule has 0 radical (unpaired) electrons. The van der Waals surface area contributed by atoms with Crippen LogP contribution in [-0.2, 0) is 6.42 Å². The minimum Gasteiger partial charge on any atom is -0.316 e. The molecule has 0 aliphatic carbocycles. The number of hydrogen-bond acceptors (Lipinski definition) is 3. The predicted molar refractivity (Wildman–Crippen MR) is 57.7 cm³/mol. The first kappa shape index (κ1) is 8.85. The van der Waals surface area contributed by atoms with Crippen LogP contribution in [0.15, 0.2) is 24.8 Å². The van der Waals surface area contributed by atoms with Gasteiger partial charge in [-0.05, 0) is 31.8 Å². The number of nitrogens with zero attached hydrogens (tertiary/aromatic N) is 3. The van der Waals surface area contributed by atoms with Gasteiger partial charge in [0.2, 0.25) is 0 Å². The van der Waals surface area contributed by atoms with Crippen molar-refractivity contribution in [3.63, 3.8) is 0 Å². The molecule has 1 unspecified atom stereocenters. The highest BCUT2D eigenvalue weighted by Gasteiger charge is 2.16. The molecule has 1 saturated heterocycles. The maximum absolute atomic E-state index is 4.34. The van der Waals surface area contributed by atoms with Crippen LogP contribution in [0.4, 0.5) is 0 Å². The van der Waals surface area contributed by atoms with Crippen molar-refractivity contribution in [3.8, 4) is 0 Å². The van der Waals surface area contributed by atoms with Crippen LogP contribution in [-0.4, -0.2) is 27.5 Å². The second kappa shape index (κ2) is 3.62. The van der Waals surface area contributed by atoms with Crippen LogP contribution in [0.25, 0.3) is 5.65 Å². The van der Waals surface area contributed by atoms with Crippen LogP contribution in [0.3, 0.4) is 0 Å². The van der Waals surface area contributed by atoms with Gasteiger partial charge in [-0.2, -0.15) is 0 Å². The van der Waals surface area contributed by atoms with E-state index in [0.29, 0.717) is 0 Å². The number of nitrogens with one attached hydrogen (secondary N) is 1. The molecule has 1 N–H and O–H groups in total. The van der Waals surface area contributed by atoms with Crippen molar-refractivity contribution in [2.24, 2.45) is 5.92 Å². The fraction of sp³-hybridized carbons (Fsp3) is 0.455. The molecule has 4 heteroatoms. The molecule has 0 saturated carbocycles. The quantitative estimate of drug-likeness (QED) is 0.786. The third-order valence-corrected chi connectivity index (χ3v) is 3.05. The summed E-state index contributed by atoms with van der Waals surface area (Å²) in [4.78, 5) is 8.40. The Morgan fingerprint density at radius 1 is 1.47 bits per heavy atom. The molecule has 0 spiro atoms. The molecule has 3 heterocycles. The molecule has 0 amide bonds. The van der Waals surface area contributed by atoms with Gasteiger partial charge in [-0.15, -0.1) is 0 Å². The number of hydrogen-bond donors (Lipinski definition) is 1. The lowest BCUT2D eigenvalue weighted by Crippen LogP contribution is -2.11. The summed E-state index contributed by atoms with van der Waals surface area (Å²) in [6.45, 7) is 2.29. The summed E-state index contributed by atoms with van der Waals surface area (Å²) in [5.41, 5.74) is 2.24. The summed E-state index contributed by atoms with van der Waals surface area (Å²) in [5, 5.41) is 3.39. The van der Waals surface area contributed by atoms with E-state index >= 15 is 0 Å². The summed E-state index contributed by atoms with van der Waals surface area (Å²) in [6, 6.07) is 0. The molecule has 0 aromatic carbocycles. The maximum Gasteiger partial charge on any atom is 0.155 e. The molecule has 0 bridgehead atoms. The van der Waals surface area contributed by atoms with E-state index in [0.717, 1.165) is 31.1 Å². The van der Waals surface area contributed by atoms with Gasteiger partial charge in [0.15, 0.2) is 5.65 Å². The van der Waals surface area contributed by atoms with E-state index < -0.39 is 0 Å². The van der Waals surface area contributed by atoms with Crippen molar-refractivity contribution in [3.05, 3.63) is 30.5 Å². The first-order valence-corrected chi connectivity index (χ1v) is 5.40. The van der Waals surface area contributed by atoms with E-state index in [1.807, 2.05) is 18.6 Å². The zero-order valence-electron chi connectivity index (χ0n) is 8.56. The molecule has 2 aromatic rings. The van der Waals surface area contributed by atoms with Crippen LogP contribution in [0, 0.1) is 5.92 Å². The minimum atomic E-state index is 0.762. The molecule has 2 aromatic heterocycles. The number of fused-ring (bicyclic) bond motifs is 1. The van der Waals surface area contributed by atoms with Gasteiger partial charge in [0, 0.05) is 24.3 Å². The smallest absolute Gasteiger partial charge is 0.155 e. The predicted octanol–water partition coefficient (Wildman–Crippen LogP) is 0.881. The fourth-order valence-corrected chi connectivity index (χ4v) is 2.23. The van der Waals surface area contributed by atoms with E-state index in [1.165, 1.54) is 12.1 Å². The van der Waals surface area contributed by atoms with Crippen molar-refractivity contribution >= 4 is 5.65 Å². The molecule has 1 fully saturated rings. The zero-order valence-corrected chi connectivity index (χ0v) is 8.56. The summed E-state index contributed by atoms with van der Waals surface area (Å²) >= 11 is 0. The summed E-state index contributed by atoms with van der Waals surface area (Å²) in [7, 11) is 0. The second-order valence-corrected chi connectivity index (χ2v) is 4.12. The Bertz CT molecular complexity index is 456. The van der Waals surface area contributed by atoms with Gasteiger partial charge in [0.25, 0.3) is 0 Å². The third kappa shape index (κ3) is 1.61. The average molecular weight is 202 g/mol. The Morgan fingerprint density at radius 3 is 3.33 bits per heavy atom. The van der Waals surface area contributed by atoms with E-state index in [4.69, 9.17) is 0 Å². The largest absolute Gasteiger partial charge is 0.316 e.